The fourth-order valence-corrected chi connectivity index (χ4v) is 3.27. The lowest BCUT2D eigenvalue weighted by molar-refractivity contribution is -0.138. The molecule has 1 N–H and O–H groups in total. The van der Waals surface area contributed by atoms with Gasteiger partial charge < -0.3 is 15.0 Å². The van der Waals surface area contributed by atoms with E-state index in [2.05, 4.69) is 26.3 Å². The van der Waals surface area contributed by atoms with E-state index in [4.69, 9.17) is 10.00 Å². The summed E-state index contributed by atoms with van der Waals surface area (Å²) in [4.78, 5) is 15.0. The Morgan fingerprint density at radius 1 is 1.20 bits per heavy atom. The molecule has 4 rings (SSSR count). The van der Waals surface area contributed by atoms with Gasteiger partial charge in [0.05, 0.1) is 30.2 Å². The molecule has 0 bridgehead atoms. The van der Waals surface area contributed by atoms with Gasteiger partial charge in [-0.25, -0.2) is 4.98 Å². The van der Waals surface area contributed by atoms with Crippen LogP contribution in [0.4, 0.5) is 24.9 Å². The molecule has 0 amide bonds. The van der Waals surface area contributed by atoms with Crippen molar-refractivity contribution in [1.29, 1.82) is 5.26 Å². The quantitative estimate of drug-likeness (QED) is 0.700. The molecule has 0 radical (unpaired) electrons. The minimum Gasteiger partial charge on any atom is -0.365 e. The van der Waals surface area contributed by atoms with Crippen LogP contribution in [-0.2, 0) is 17.5 Å². The van der Waals surface area contributed by atoms with Gasteiger partial charge in [0.15, 0.2) is 11.8 Å². The average Bonchev–Trinajstić information content (AvgIpc) is 2.77. The highest BCUT2D eigenvalue weighted by atomic mass is 19.4. The number of aromatic nitrogens is 3. The molecule has 1 atom stereocenters. The molecule has 10 heteroatoms. The number of benzene rings is 1. The number of ether oxygens (including phenoxy) is 1. The average molecular weight is 414 g/mol. The molecule has 1 aliphatic rings. The van der Waals surface area contributed by atoms with E-state index in [1.54, 1.807) is 29.3 Å². The molecule has 3 aromatic rings. The molecule has 1 aromatic carbocycles. The van der Waals surface area contributed by atoms with E-state index >= 15 is 0 Å². The Labute approximate surface area is 170 Å². The second-order valence-corrected chi connectivity index (χ2v) is 6.69. The van der Waals surface area contributed by atoms with Crippen LogP contribution in [0, 0.1) is 11.3 Å². The van der Waals surface area contributed by atoms with Gasteiger partial charge >= 0.3 is 6.18 Å². The predicted molar refractivity (Wildman–Crippen MR) is 104 cm³/mol. The van der Waals surface area contributed by atoms with Gasteiger partial charge in [-0.05, 0) is 23.8 Å². The number of hydrogen-bond donors (Lipinski definition) is 1. The summed E-state index contributed by atoms with van der Waals surface area (Å²) in [6.45, 7) is 1.07. The van der Waals surface area contributed by atoms with E-state index in [1.165, 1.54) is 12.1 Å². The maximum absolute atomic E-state index is 13.3. The maximum Gasteiger partial charge on any atom is 0.416 e. The van der Waals surface area contributed by atoms with Crippen LogP contribution in [0.25, 0.3) is 11.0 Å². The topological polar surface area (TPSA) is 87.0 Å². The molecule has 1 unspecified atom stereocenters. The predicted octanol–water partition coefficient (Wildman–Crippen LogP) is 3.38. The summed E-state index contributed by atoms with van der Waals surface area (Å²) < 4.78 is 45.2. The first-order chi connectivity index (χ1) is 14.5. The normalized spacial score (nSPS) is 17.0. The van der Waals surface area contributed by atoms with Gasteiger partial charge in [-0.3, -0.25) is 0 Å². The van der Waals surface area contributed by atoms with E-state index in [0.29, 0.717) is 42.5 Å². The third-order valence-electron chi connectivity index (χ3n) is 4.72. The van der Waals surface area contributed by atoms with Gasteiger partial charge in [-0.15, -0.1) is 0 Å². The number of nitrogens with zero attached hydrogens (tertiary/aromatic N) is 5. The van der Waals surface area contributed by atoms with Crippen molar-refractivity contribution in [2.75, 3.05) is 29.9 Å². The number of morpholine rings is 1. The lowest BCUT2D eigenvalue weighted by atomic mass is 10.1. The van der Waals surface area contributed by atoms with Gasteiger partial charge in [0.2, 0.25) is 5.95 Å². The Hall–Kier alpha value is -3.45. The van der Waals surface area contributed by atoms with Crippen molar-refractivity contribution in [3.8, 4) is 6.07 Å². The summed E-state index contributed by atoms with van der Waals surface area (Å²) in [5.41, 5.74) is -0.175. The molecular formula is C20H17F3N6O. The maximum atomic E-state index is 13.3. The fraction of sp³-hybridized carbons (Fsp3) is 0.300. The zero-order valence-electron chi connectivity index (χ0n) is 15.7. The summed E-state index contributed by atoms with van der Waals surface area (Å²) in [6, 6.07) is 10.9. The van der Waals surface area contributed by atoms with Crippen LogP contribution in [0.15, 0.2) is 42.6 Å². The summed E-state index contributed by atoms with van der Waals surface area (Å²) in [5, 5.41) is 12.7. The van der Waals surface area contributed by atoms with Crippen LogP contribution in [0.5, 0.6) is 0 Å². The van der Waals surface area contributed by atoms with Crippen molar-refractivity contribution in [3.63, 3.8) is 0 Å². The summed E-state index contributed by atoms with van der Waals surface area (Å²) in [7, 11) is 0. The zero-order valence-corrected chi connectivity index (χ0v) is 15.7. The molecule has 2 aromatic heterocycles. The van der Waals surface area contributed by atoms with Gasteiger partial charge in [0.1, 0.15) is 5.82 Å². The molecular weight excluding hydrogens is 397 g/mol. The molecule has 30 heavy (non-hydrogen) atoms. The first-order valence-electron chi connectivity index (χ1n) is 9.23. The minimum atomic E-state index is -4.45. The lowest BCUT2D eigenvalue weighted by Crippen LogP contribution is -2.42. The molecule has 1 fully saturated rings. The standard InChI is InChI=1S/C20H17F3N6O/c21-20(22,23)16-6-2-1-4-13(16)11-26-18-15-5-3-7-25-17(15)27-19(28-18)29-8-9-30-14(10-24)12-29/h1-7,14H,8-9,11-12H2,(H,25,26,27,28). The van der Waals surface area contributed by atoms with Crippen molar-refractivity contribution in [1.82, 2.24) is 15.0 Å². The molecule has 1 aliphatic heterocycles. The Morgan fingerprint density at radius 2 is 2.03 bits per heavy atom. The van der Waals surface area contributed by atoms with Crippen LogP contribution < -0.4 is 10.2 Å². The number of hydrogen-bond acceptors (Lipinski definition) is 7. The van der Waals surface area contributed by atoms with Crippen molar-refractivity contribution < 1.29 is 17.9 Å². The number of fused-ring (bicyclic) bond motifs is 1. The van der Waals surface area contributed by atoms with E-state index in [0.717, 1.165) is 6.07 Å². The lowest BCUT2D eigenvalue weighted by Gasteiger charge is -2.30. The monoisotopic (exact) mass is 414 g/mol. The highest BCUT2D eigenvalue weighted by Gasteiger charge is 2.32. The SMILES string of the molecule is N#CC1CN(c2nc(NCc3ccccc3C(F)(F)F)c3cccnc3n2)CCO1. The summed E-state index contributed by atoms with van der Waals surface area (Å²) >= 11 is 0. The van der Waals surface area contributed by atoms with Gasteiger partial charge in [0.25, 0.3) is 0 Å². The molecule has 0 aliphatic carbocycles. The Balaban J connectivity index is 1.67. The van der Waals surface area contributed by atoms with Crippen LogP contribution >= 0.6 is 0 Å². The number of alkyl halides is 3. The second kappa shape index (κ2) is 8.12. The fourth-order valence-electron chi connectivity index (χ4n) is 3.27. The largest absolute Gasteiger partial charge is 0.416 e. The van der Waals surface area contributed by atoms with Crippen LogP contribution in [0.3, 0.4) is 0 Å². The van der Waals surface area contributed by atoms with E-state index in [-0.39, 0.29) is 12.1 Å². The number of nitriles is 1. The van der Waals surface area contributed by atoms with Gasteiger partial charge in [-0.2, -0.15) is 28.4 Å². The van der Waals surface area contributed by atoms with Crippen molar-refractivity contribution in [3.05, 3.63) is 53.7 Å². The molecule has 0 saturated carbocycles. The molecule has 7 nitrogen and oxygen atoms in total. The molecule has 154 valence electrons. The third kappa shape index (κ3) is 4.11. The zero-order chi connectivity index (χ0) is 21.1. The molecule has 1 saturated heterocycles. The van der Waals surface area contributed by atoms with Crippen molar-refractivity contribution in [2.45, 2.75) is 18.8 Å². The second-order valence-electron chi connectivity index (χ2n) is 6.69. The van der Waals surface area contributed by atoms with E-state index < -0.39 is 17.8 Å². The third-order valence-corrected chi connectivity index (χ3v) is 4.72. The van der Waals surface area contributed by atoms with Crippen LogP contribution in [0.2, 0.25) is 0 Å². The molecule has 3 heterocycles. The first kappa shape index (κ1) is 19.8. The van der Waals surface area contributed by atoms with Gasteiger partial charge in [0, 0.05) is 19.3 Å². The van der Waals surface area contributed by atoms with Gasteiger partial charge in [-0.1, -0.05) is 18.2 Å². The van der Waals surface area contributed by atoms with Crippen LogP contribution in [0.1, 0.15) is 11.1 Å². The highest BCUT2D eigenvalue weighted by molar-refractivity contribution is 5.87. The Bertz CT molecular complexity index is 1100. The minimum absolute atomic E-state index is 0.0694. The van der Waals surface area contributed by atoms with E-state index in [1.807, 2.05) is 0 Å². The number of nitrogens with one attached hydrogen (secondary N) is 1. The van der Waals surface area contributed by atoms with Crippen molar-refractivity contribution in [2.24, 2.45) is 0 Å². The highest BCUT2D eigenvalue weighted by Crippen LogP contribution is 2.32. The Morgan fingerprint density at radius 3 is 2.83 bits per heavy atom. The smallest absolute Gasteiger partial charge is 0.365 e. The molecule has 0 spiro atoms. The number of anilines is 2. The number of halogens is 3. The summed E-state index contributed by atoms with van der Waals surface area (Å²) in [6.07, 6.45) is -3.46. The Kier molecular flexibility index (Phi) is 5.37. The summed E-state index contributed by atoms with van der Waals surface area (Å²) in [5.74, 6) is 0.719. The van der Waals surface area contributed by atoms with Crippen molar-refractivity contribution >= 4 is 22.8 Å². The van der Waals surface area contributed by atoms with Crippen LogP contribution in [-0.4, -0.2) is 40.8 Å². The van der Waals surface area contributed by atoms with E-state index in [9.17, 15) is 13.2 Å². The first-order valence-corrected chi connectivity index (χ1v) is 9.23. The number of pyridine rings is 1. The number of rotatable bonds is 4.